The zero-order valence-corrected chi connectivity index (χ0v) is 10.9. The molecule has 0 atom stereocenters. The Balaban J connectivity index is 2.49. The van der Waals surface area contributed by atoms with Crippen molar-refractivity contribution in [3.63, 3.8) is 0 Å². The molecule has 0 saturated heterocycles. The van der Waals surface area contributed by atoms with Crippen LogP contribution in [0.5, 0.6) is 0 Å². The lowest BCUT2D eigenvalue weighted by atomic mass is 10.2. The van der Waals surface area contributed by atoms with E-state index in [-0.39, 0.29) is 5.69 Å². The molecule has 7 heteroatoms. The maximum absolute atomic E-state index is 11.0. The van der Waals surface area contributed by atoms with E-state index < -0.39 is 5.91 Å². The van der Waals surface area contributed by atoms with Gasteiger partial charge in [0.2, 0.25) is 0 Å². The number of primary amides is 1. The molecule has 2 heterocycles. The van der Waals surface area contributed by atoms with E-state index in [2.05, 4.69) is 15.3 Å². The predicted molar refractivity (Wildman–Crippen MR) is 70.8 cm³/mol. The molecule has 0 bridgehead atoms. The Morgan fingerprint density at radius 2 is 2.00 bits per heavy atom. The van der Waals surface area contributed by atoms with E-state index in [4.69, 9.17) is 11.5 Å². The molecule has 2 rings (SSSR count). The van der Waals surface area contributed by atoms with Gasteiger partial charge in [0, 0.05) is 0 Å². The second-order valence-electron chi connectivity index (χ2n) is 4.07. The van der Waals surface area contributed by atoms with Crippen molar-refractivity contribution in [3.8, 4) is 5.82 Å². The molecule has 2 aromatic heterocycles. The summed E-state index contributed by atoms with van der Waals surface area (Å²) in [7, 11) is 0. The summed E-state index contributed by atoms with van der Waals surface area (Å²) in [5, 5.41) is 12.1. The molecule has 0 unspecified atom stereocenters. The molecule has 19 heavy (non-hydrogen) atoms. The van der Waals surface area contributed by atoms with Crippen LogP contribution in [-0.2, 0) is 12.8 Å². The first-order chi connectivity index (χ1) is 9.08. The normalized spacial score (nSPS) is 10.6. The van der Waals surface area contributed by atoms with Crippen molar-refractivity contribution in [2.24, 2.45) is 5.73 Å². The maximum atomic E-state index is 11.0. The first kappa shape index (κ1) is 13.0. The van der Waals surface area contributed by atoms with E-state index in [1.807, 2.05) is 13.8 Å². The number of aromatic nitrogens is 4. The fourth-order valence-electron chi connectivity index (χ4n) is 1.88. The molecule has 0 aromatic carbocycles. The molecule has 0 aliphatic carbocycles. The Morgan fingerprint density at radius 1 is 1.26 bits per heavy atom. The van der Waals surface area contributed by atoms with Crippen molar-refractivity contribution in [2.45, 2.75) is 26.7 Å². The Labute approximate surface area is 110 Å². The lowest BCUT2D eigenvalue weighted by Crippen LogP contribution is -2.15. The summed E-state index contributed by atoms with van der Waals surface area (Å²) >= 11 is 0. The van der Waals surface area contributed by atoms with Gasteiger partial charge in [-0.15, -0.1) is 10.2 Å². The quantitative estimate of drug-likeness (QED) is 0.829. The summed E-state index contributed by atoms with van der Waals surface area (Å²) in [5.74, 6) is -0.0859. The van der Waals surface area contributed by atoms with E-state index in [9.17, 15) is 4.79 Å². The number of nitrogen functional groups attached to an aromatic ring is 1. The number of carbonyl (C=O) groups excluding carboxylic acids is 1. The summed E-state index contributed by atoms with van der Waals surface area (Å²) in [6.45, 7) is 3.98. The molecular formula is C12H16N6O. The van der Waals surface area contributed by atoms with Crippen LogP contribution in [0.4, 0.5) is 5.69 Å². The monoisotopic (exact) mass is 260 g/mol. The van der Waals surface area contributed by atoms with Crippen LogP contribution in [-0.4, -0.2) is 25.9 Å². The molecule has 7 nitrogen and oxygen atoms in total. The molecule has 0 spiro atoms. The molecule has 0 radical (unpaired) electrons. The van der Waals surface area contributed by atoms with Crippen LogP contribution in [0.1, 0.15) is 35.7 Å². The van der Waals surface area contributed by atoms with Crippen molar-refractivity contribution < 1.29 is 4.79 Å². The van der Waals surface area contributed by atoms with Crippen LogP contribution >= 0.6 is 0 Å². The highest BCUT2D eigenvalue weighted by atomic mass is 16.1. The van der Waals surface area contributed by atoms with Crippen LogP contribution in [0, 0.1) is 0 Å². The number of aryl methyl sites for hydroxylation is 1. The average molecular weight is 260 g/mol. The zero-order chi connectivity index (χ0) is 14.0. The Hall–Kier alpha value is -2.44. The standard InChI is InChI=1S/C12H16N6O/c1-3-7-11(13)9(4-2)18(17-7)10-6-5-8(12(14)19)15-16-10/h5-6H,3-4,13H2,1-2H3,(H2,14,19). The van der Waals surface area contributed by atoms with Gasteiger partial charge in [-0.3, -0.25) is 4.79 Å². The lowest BCUT2D eigenvalue weighted by Gasteiger charge is -2.04. The lowest BCUT2D eigenvalue weighted by molar-refractivity contribution is 0.0994. The molecule has 0 saturated carbocycles. The minimum absolute atomic E-state index is 0.123. The van der Waals surface area contributed by atoms with Gasteiger partial charge in [-0.1, -0.05) is 13.8 Å². The number of nitrogens with zero attached hydrogens (tertiary/aromatic N) is 4. The second kappa shape index (κ2) is 5.05. The van der Waals surface area contributed by atoms with Crippen molar-refractivity contribution >= 4 is 11.6 Å². The van der Waals surface area contributed by atoms with Crippen molar-refractivity contribution in [1.82, 2.24) is 20.0 Å². The average Bonchev–Trinajstić information content (AvgIpc) is 2.75. The van der Waals surface area contributed by atoms with Crippen molar-refractivity contribution in [2.75, 3.05) is 5.73 Å². The van der Waals surface area contributed by atoms with Gasteiger partial charge in [-0.2, -0.15) is 5.10 Å². The molecule has 100 valence electrons. The molecule has 4 N–H and O–H groups in total. The third-order valence-electron chi connectivity index (χ3n) is 2.89. The minimum Gasteiger partial charge on any atom is -0.396 e. The Morgan fingerprint density at radius 3 is 2.47 bits per heavy atom. The number of amides is 1. The van der Waals surface area contributed by atoms with Crippen LogP contribution in [0.3, 0.4) is 0 Å². The topological polar surface area (TPSA) is 113 Å². The summed E-state index contributed by atoms with van der Waals surface area (Å²) in [5.41, 5.74) is 13.7. The molecule has 0 aliphatic heterocycles. The number of anilines is 1. The number of rotatable bonds is 4. The van der Waals surface area contributed by atoms with Crippen LogP contribution in [0.15, 0.2) is 12.1 Å². The SMILES string of the molecule is CCc1nn(-c2ccc(C(N)=O)nn2)c(CC)c1N. The number of carbonyl (C=O) groups is 1. The first-order valence-corrected chi connectivity index (χ1v) is 6.08. The molecule has 2 aromatic rings. The van der Waals surface area contributed by atoms with E-state index in [1.165, 1.54) is 6.07 Å². The molecule has 0 aliphatic rings. The van der Waals surface area contributed by atoms with E-state index >= 15 is 0 Å². The largest absolute Gasteiger partial charge is 0.396 e. The minimum atomic E-state index is -0.607. The smallest absolute Gasteiger partial charge is 0.269 e. The molecular weight excluding hydrogens is 244 g/mol. The highest BCUT2D eigenvalue weighted by molar-refractivity contribution is 5.90. The summed E-state index contributed by atoms with van der Waals surface area (Å²) in [4.78, 5) is 11.0. The van der Waals surface area contributed by atoms with Crippen LogP contribution in [0.2, 0.25) is 0 Å². The highest BCUT2D eigenvalue weighted by Crippen LogP contribution is 2.21. The van der Waals surface area contributed by atoms with Gasteiger partial charge in [-0.25, -0.2) is 4.68 Å². The fraction of sp³-hybridized carbons (Fsp3) is 0.333. The predicted octanol–water partition coefficient (Wildman–Crippen LogP) is 0.468. The van der Waals surface area contributed by atoms with Crippen molar-refractivity contribution in [1.29, 1.82) is 0 Å². The Kier molecular flexibility index (Phi) is 3.46. The van der Waals surface area contributed by atoms with Crippen molar-refractivity contribution in [3.05, 3.63) is 29.2 Å². The number of nitrogens with two attached hydrogens (primary N) is 2. The number of hydrogen-bond acceptors (Lipinski definition) is 5. The third kappa shape index (κ3) is 2.26. The highest BCUT2D eigenvalue weighted by Gasteiger charge is 2.15. The van der Waals surface area contributed by atoms with Gasteiger partial charge in [0.15, 0.2) is 11.5 Å². The van der Waals surface area contributed by atoms with Gasteiger partial charge >= 0.3 is 0 Å². The van der Waals surface area contributed by atoms with Gasteiger partial charge in [0.25, 0.3) is 5.91 Å². The van der Waals surface area contributed by atoms with E-state index in [1.54, 1.807) is 10.7 Å². The molecule has 0 fully saturated rings. The van der Waals surface area contributed by atoms with Gasteiger partial charge in [-0.05, 0) is 25.0 Å². The summed E-state index contributed by atoms with van der Waals surface area (Å²) in [6.07, 6.45) is 1.48. The number of hydrogen-bond donors (Lipinski definition) is 2. The van der Waals surface area contributed by atoms with Crippen LogP contribution < -0.4 is 11.5 Å². The van der Waals surface area contributed by atoms with Crippen LogP contribution in [0.25, 0.3) is 5.82 Å². The molecule has 1 amide bonds. The summed E-state index contributed by atoms with van der Waals surface area (Å²) in [6, 6.07) is 3.17. The summed E-state index contributed by atoms with van der Waals surface area (Å²) < 4.78 is 1.66. The first-order valence-electron chi connectivity index (χ1n) is 6.08. The van der Waals surface area contributed by atoms with E-state index in [0.29, 0.717) is 11.5 Å². The third-order valence-corrected chi connectivity index (χ3v) is 2.89. The second-order valence-corrected chi connectivity index (χ2v) is 4.07. The maximum Gasteiger partial charge on any atom is 0.269 e. The van der Waals surface area contributed by atoms with E-state index in [0.717, 1.165) is 24.2 Å². The van der Waals surface area contributed by atoms with Gasteiger partial charge in [0.05, 0.1) is 17.1 Å². The van der Waals surface area contributed by atoms with Gasteiger partial charge < -0.3 is 11.5 Å². The van der Waals surface area contributed by atoms with Gasteiger partial charge in [0.1, 0.15) is 0 Å². The fourth-order valence-corrected chi connectivity index (χ4v) is 1.88. The Bertz CT molecular complexity index is 601. The zero-order valence-electron chi connectivity index (χ0n) is 10.9.